The van der Waals surface area contributed by atoms with Crippen LogP contribution in [0.15, 0.2) is 23.1 Å². The summed E-state index contributed by atoms with van der Waals surface area (Å²) in [6, 6.07) is 4.03. The number of nitrogens with zero attached hydrogens (tertiary/aromatic N) is 1. The van der Waals surface area contributed by atoms with Gasteiger partial charge < -0.3 is 10.1 Å². The van der Waals surface area contributed by atoms with Gasteiger partial charge >= 0.3 is 5.97 Å². The van der Waals surface area contributed by atoms with Crippen LogP contribution < -0.4 is 5.32 Å². The number of halogens is 2. The van der Waals surface area contributed by atoms with E-state index in [9.17, 15) is 13.2 Å². The number of sulfonamides is 1. The number of methoxy groups -OCH3 is 1. The lowest BCUT2D eigenvalue weighted by molar-refractivity contribution is 0.0596. The number of hydrogen-bond donors (Lipinski definition) is 1. The van der Waals surface area contributed by atoms with Crippen molar-refractivity contribution < 1.29 is 17.9 Å². The fourth-order valence-corrected chi connectivity index (χ4v) is 4.72. The molecule has 1 aliphatic heterocycles. The van der Waals surface area contributed by atoms with Gasteiger partial charge in [0.1, 0.15) is 0 Å². The molecule has 0 spiro atoms. The van der Waals surface area contributed by atoms with Crippen molar-refractivity contribution in [1.29, 1.82) is 0 Å². The smallest absolute Gasteiger partial charge is 0.339 e. The van der Waals surface area contributed by atoms with E-state index in [4.69, 9.17) is 11.6 Å². The Labute approximate surface area is 147 Å². The Morgan fingerprint density at radius 2 is 2.17 bits per heavy atom. The normalized spacial score (nSPS) is 18.5. The number of likely N-dealkylation sites (N-methyl/N-ethyl adjacent to an activating group) is 1. The molecule has 1 fully saturated rings. The number of ether oxygens (including phenoxy) is 1. The largest absolute Gasteiger partial charge is 0.465 e. The first-order valence-electron chi connectivity index (χ1n) is 6.96. The van der Waals surface area contributed by atoms with Crippen molar-refractivity contribution in [3.63, 3.8) is 0 Å². The van der Waals surface area contributed by atoms with Crippen LogP contribution in [-0.2, 0) is 14.8 Å². The second kappa shape index (κ2) is 8.30. The molecule has 1 unspecified atom stereocenters. The summed E-state index contributed by atoms with van der Waals surface area (Å²) in [6.45, 7) is 1.01. The van der Waals surface area contributed by atoms with Gasteiger partial charge in [-0.3, -0.25) is 0 Å². The Hall–Kier alpha value is -0.860. The van der Waals surface area contributed by atoms with Gasteiger partial charge in [0.2, 0.25) is 10.0 Å². The van der Waals surface area contributed by atoms with E-state index in [-0.39, 0.29) is 33.9 Å². The molecule has 1 aliphatic rings. The molecule has 130 valence electrons. The summed E-state index contributed by atoms with van der Waals surface area (Å²) >= 11 is 5.88. The van der Waals surface area contributed by atoms with E-state index in [0.717, 1.165) is 12.8 Å². The Morgan fingerprint density at radius 3 is 2.78 bits per heavy atom. The van der Waals surface area contributed by atoms with Crippen LogP contribution in [0.4, 0.5) is 0 Å². The topological polar surface area (TPSA) is 75.7 Å². The molecule has 0 bridgehead atoms. The van der Waals surface area contributed by atoms with Gasteiger partial charge in [0.15, 0.2) is 0 Å². The molecule has 1 atom stereocenters. The fourth-order valence-electron chi connectivity index (χ4n) is 2.69. The third-order valence-corrected chi connectivity index (χ3v) is 5.94. The number of nitrogens with one attached hydrogen (secondary N) is 1. The molecule has 0 aliphatic carbocycles. The fraction of sp³-hybridized carbons (Fsp3) is 0.500. The Bertz CT molecular complexity index is 667. The van der Waals surface area contributed by atoms with Crippen LogP contribution in [0.25, 0.3) is 0 Å². The first-order chi connectivity index (χ1) is 10.4. The highest BCUT2D eigenvalue weighted by Gasteiger charge is 2.37. The van der Waals surface area contributed by atoms with E-state index in [0.29, 0.717) is 13.1 Å². The lowest BCUT2D eigenvalue weighted by Gasteiger charge is -2.24. The molecule has 23 heavy (non-hydrogen) atoms. The molecule has 0 amide bonds. The number of benzene rings is 1. The molecular weight excluding hydrogens is 363 g/mol. The minimum absolute atomic E-state index is 0. The number of hydrogen-bond acceptors (Lipinski definition) is 5. The van der Waals surface area contributed by atoms with Gasteiger partial charge in [-0.2, -0.15) is 4.31 Å². The lowest BCUT2D eigenvalue weighted by atomic mass is 10.2. The van der Waals surface area contributed by atoms with Crippen LogP contribution >= 0.6 is 24.0 Å². The van der Waals surface area contributed by atoms with E-state index in [1.165, 1.54) is 29.6 Å². The minimum Gasteiger partial charge on any atom is -0.465 e. The van der Waals surface area contributed by atoms with Gasteiger partial charge in [0.05, 0.1) is 17.6 Å². The minimum atomic E-state index is -3.78. The molecule has 1 aromatic carbocycles. The number of carbonyl (C=O) groups excluding carboxylic acids is 1. The second-order valence-corrected chi connectivity index (χ2v) is 7.40. The predicted molar refractivity (Wildman–Crippen MR) is 90.9 cm³/mol. The number of rotatable bonds is 5. The van der Waals surface area contributed by atoms with Crippen molar-refractivity contribution in [2.45, 2.75) is 23.8 Å². The van der Waals surface area contributed by atoms with E-state index in [2.05, 4.69) is 10.1 Å². The molecule has 6 nitrogen and oxygen atoms in total. The summed E-state index contributed by atoms with van der Waals surface area (Å²) in [5.41, 5.74) is -0.0369. The average molecular weight is 383 g/mol. The van der Waals surface area contributed by atoms with Crippen molar-refractivity contribution in [3.05, 3.63) is 28.8 Å². The van der Waals surface area contributed by atoms with Crippen molar-refractivity contribution in [2.75, 3.05) is 27.2 Å². The molecule has 1 saturated heterocycles. The number of esters is 1. The summed E-state index contributed by atoms with van der Waals surface area (Å²) in [6.07, 6.45) is 1.59. The zero-order valence-electron chi connectivity index (χ0n) is 12.9. The molecule has 9 heteroatoms. The summed E-state index contributed by atoms with van der Waals surface area (Å²) < 4.78 is 32.0. The monoisotopic (exact) mass is 382 g/mol. The van der Waals surface area contributed by atoms with Gasteiger partial charge in [-0.25, -0.2) is 13.2 Å². The third-order valence-electron chi connectivity index (χ3n) is 3.70. The van der Waals surface area contributed by atoms with Crippen LogP contribution in [0.2, 0.25) is 5.02 Å². The molecule has 0 radical (unpaired) electrons. The Kier molecular flexibility index (Phi) is 7.29. The zero-order valence-corrected chi connectivity index (χ0v) is 15.3. The van der Waals surface area contributed by atoms with Crippen LogP contribution in [0.3, 0.4) is 0 Å². The first-order valence-corrected chi connectivity index (χ1v) is 8.78. The molecule has 0 aromatic heterocycles. The third kappa shape index (κ3) is 4.16. The molecule has 0 saturated carbocycles. The van der Waals surface area contributed by atoms with Crippen LogP contribution in [0.5, 0.6) is 0 Å². The van der Waals surface area contributed by atoms with Gasteiger partial charge in [0.25, 0.3) is 0 Å². The maximum atomic E-state index is 12.9. The van der Waals surface area contributed by atoms with Gasteiger partial charge in [-0.1, -0.05) is 11.6 Å². The number of carbonyl (C=O) groups is 1. The zero-order chi connectivity index (χ0) is 16.3. The van der Waals surface area contributed by atoms with Crippen LogP contribution in [0.1, 0.15) is 23.2 Å². The lowest BCUT2D eigenvalue weighted by Crippen LogP contribution is -2.41. The highest BCUT2D eigenvalue weighted by molar-refractivity contribution is 7.89. The summed E-state index contributed by atoms with van der Waals surface area (Å²) in [7, 11) is -0.788. The quantitative estimate of drug-likeness (QED) is 0.787. The average Bonchev–Trinajstić information content (AvgIpc) is 2.95. The van der Waals surface area contributed by atoms with Crippen molar-refractivity contribution in [2.24, 2.45) is 0 Å². The maximum Gasteiger partial charge on any atom is 0.339 e. The molecule has 1 N–H and O–H groups in total. The van der Waals surface area contributed by atoms with Crippen LogP contribution in [0, 0.1) is 0 Å². The summed E-state index contributed by atoms with van der Waals surface area (Å²) in [4.78, 5) is 11.8. The van der Waals surface area contributed by atoms with Crippen molar-refractivity contribution in [3.8, 4) is 0 Å². The summed E-state index contributed by atoms with van der Waals surface area (Å²) in [5.74, 6) is -0.717. The molecular formula is C14H20Cl2N2O4S. The van der Waals surface area contributed by atoms with Gasteiger partial charge in [-0.05, 0) is 38.1 Å². The van der Waals surface area contributed by atoms with Crippen molar-refractivity contribution in [1.82, 2.24) is 9.62 Å². The molecule has 1 aromatic rings. The van der Waals surface area contributed by atoms with Crippen LogP contribution in [-0.4, -0.2) is 52.0 Å². The SMILES string of the molecule is CNCC1CCCN1S(=O)(=O)c1ccc(Cl)cc1C(=O)OC.Cl. The first kappa shape index (κ1) is 20.2. The standard InChI is InChI=1S/C14H19ClN2O4S.ClH/c1-16-9-11-4-3-7-17(11)22(19,20)13-6-5-10(15)8-12(13)14(18)21-2;/h5-6,8,11,16H,3-4,7,9H2,1-2H3;1H. The van der Waals surface area contributed by atoms with Gasteiger partial charge in [-0.15, -0.1) is 12.4 Å². The Morgan fingerprint density at radius 1 is 1.48 bits per heavy atom. The van der Waals surface area contributed by atoms with Gasteiger partial charge in [0, 0.05) is 24.2 Å². The Balaban J connectivity index is 0.00000264. The van der Waals surface area contributed by atoms with E-state index >= 15 is 0 Å². The maximum absolute atomic E-state index is 12.9. The van der Waals surface area contributed by atoms with E-state index in [1.54, 1.807) is 7.05 Å². The van der Waals surface area contributed by atoms with E-state index < -0.39 is 16.0 Å². The predicted octanol–water partition coefficient (Wildman–Crippen LogP) is 1.92. The van der Waals surface area contributed by atoms with Crippen molar-refractivity contribution >= 4 is 40.0 Å². The molecule has 1 heterocycles. The molecule has 2 rings (SSSR count). The highest BCUT2D eigenvalue weighted by Crippen LogP contribution is 2.29. The highest BCUT2D eigenvalue weighted by atomic mass is 35.5. The second-order valence-electron chi connectivity index (χ2n) is 5.10. The summed E-state index contributed by atoms with van der Waals surface area (Å²) in [5, 5.41) is 3.29. The van der Waals surface area contributed by atoms with E-state index in [1.807, 2.05) is 0 Å².